The lowest BCUT2D eigenvalue weighted by molar-refractivity contribution is -1.03. The molecule has 0 rings (SSSR count). The summed E-state index contributed by atoms with van der Waals surface area (Å²) in [6, 6.07) is 0. The van der Waals surface area contributed by atoms with Crippen LogP contribution in [-0.2, 0) is 9.47 Å². The molecule has 0 radical (unpaired) electrons. The van der Waals surface area contributed by atoms with E-state index in [-0.39, 0.29) is 12.5 Å². The van der Waals surface area contributed by atoms with Crippen molar-refractivity contribution < 1.29 is 19.1 Å². The average Bonchev–Trinajstić information content (AvgIpc) is 2.46. The average molecular weight is 304 g/mol. The van der Waals surface area contributed by atoms with E-state index in [9.17, 15) is 5.11 Å². The van der Waals surface area contributed by atoms with E-state index < -0.39 is 6.23 Å². The predicted octanol–water partition coefficient (Wildman–Crippen LogP) is 3.88. The van der Waals surface area contributed by atoms with Crippen LogP contribution in [0.2, 0.25) is 0 Å². The smallest absolute Gasteiger partial charge is 0.194 e. The van der Waals surface area contributed by atoms with Crippen molar-refractivity contribution in [1.29, 1.82) is 0 Å². The molecule has 1 N–H and O–H groups in total. The fourth-order valence-electron chi connectivity index (χ4n) is 2.44. The maximum absolute atomic E-state index is 10.2. The first-order valence-electron chi connectivity index (χ1n) is 8.68. The molecular weight excluding hydrogens is 266 g/mol. The number of nitrogens with zero attached hydrogens (tertiary/aromatic N) is 1. The van der Waals surface area contributed by atoms with Crippen LogP contribution in [0.3, 0.4) is 0 Å². The molecule has 3 unspecified atom stereocenters. The van der Waals surface area contributed by atoms with Crippen molar-refractivity contribution in [1.82, 2.24) is 0 Å². The van der Waals surface area contributed by atoms with Crippen LogP contribution in [0.4, 0.5) is 0 Å². The minimum absolute atomic E-state index is 0.0805. The van der Waals surface area contributed by atoms with Gasteiger partial charge in [0.25, 0.3) is 0 Å². The molecule has 0 bridgehead atoms. The summed E-state index contributed by atoms with van der Waals surface area (Å²) >= 11 is 0. The molecule has 4 nitrogen and oxygen atoms in total. The Morgan fingerprint density at radius 3 is 1.48 bits per heavy atom. The van der Waals surface area contributed by atoms with Gasteiger partial charge in [-0.15, -0.1) is 0 Å². The van der Waals surface area contributed by atoms with Crippen molar-refractivity contribution in [2.45, 2.75) is 91.8 Å². The van der Waals surface area contributed by atoms with Gasteiger partial charge in [0.1, 0.15) is 0 Å². The highest BCUT2D eigenvalue weighted by Crippen LogP contribution is 2.22. The number of quaternary nitrogens is 1. The maximum Gasteiger partial charge on any atom is 0.194 e. The lowest BCUT2D eigenvalue weighted by Gasteiger charge is -2.45. The molecule has 0 aliphatic rings. The zero-order chi connectivity index (χ0) is 16.3. The predicted molar refractivity (Wildman–Crippen MR) is 87.7 cm³/mol. The summed E-state index contributed by atoms with van der Waals surface area (Å²) in [5, 5.41) is 10.2. The Morgan fingerprint density at radius 1 is 0.810 bits per heavy atom. The van der Waals surface area contributed by atoms with Crippen molar-refractivity contribution in [2.24, 2.45) is 0 Å². The van der Waals surface area contributed by atoms with Gasteiger partial charge in [0.2, 0.25) is 0 Å². The van der Waals surface area contributed by atoms with E-state index in [0.29, 0.717) is 4.48 Å². The van der Waals surface area contributed by atoms with Gasteiger partial charge < -0.3 is 14.6 Å². The van der Waals surface area contributed by atoms with E-state index in [4.69, 9.17) is 9.47 Å². The first kappa shape index (κ1) is 20.8. The summed E-state index contributed by atoms with van der Waals surface area (Å²) in [6.07, 6.45) is 6.23. The molecule has 4 heteroatoms. The summed E-state index contributed by atoms with van der Waals surface area (Å²) in [6.45, 7) is 11.8. The molecule has 0 fully saturated rings. The number of aliphatic hydroxyl groups excluding tert-OH is 1. The second kappa shape index (κ2) is 11.4. The third-order valence-corrected chi connectivity index (χ3v) is 4.59. The second-order valence-electron chi connectivity index (χ2n) is 6.21. The summed E-state index contributed by atoms with van der Waals surface area (Å²) in [5.74, 6) is 0. The Morgan fingerprint density at radius 2 is 1.19 bits per heavy atom. The molecule has 128 valence electrons. The van der Waals surface area contributed by atoms with Gasteiger partial charge in [0.15, 0.2) is 18.7 Å². The normalized spacial score (nSPS) is 19.0. The highest BCUT2D eigenvalue weighted by molar-refractivity contribution is 4.48. The largest absolute Gasteiger partial charge is 0.345 e. The Hall–Kier alpha value is -0.160. The van der Waals surface area contributed by atoms with E-state index >= 15 is 0 Å². The molecule has 0 heterocycles. The molecule has 0 aliphatic carbocycles. The zero-order valence-corrected chi connectivity index (χ0v) is 15.1. The fourth-order valence-corrected chi connectivity index (χ4v) is 2.44. The zero-order valence-electron chi connectivity index (χ0n) is 15.1. The molecule has 0 spiro atoms. The van der Waals surface area contributed by atoms with E-state index in [1.54, 1.807) is 0 Å². The van der Waals surface area contributed by atoms with Gasteiger partial charge in [0, 0.05) is 20.8 Å². The molecule has 0 aliphatic heterocycles. The Kier molecular flexibility index (Phi) is 11.3. The number of hydrogen-bond acceptors (Lipinski definition) is 3. The van der Waals surface area contributed by atoms with Gasteiger partial charge in [-0.1, -0.05) is 39.5 Å². The van der Waals surface area contributed by atoms with Crippen molar-refractivity contribution in [2.75, 3.05) is 20.3 Å². The minimum Gasteiger partial charge on any atom is -0.345 e. The van der Waals surface area contributed by atoms with Gasteiger partial charge in [-0.25, -0.2) is 0 Å². The van der Waals surface area contributed by atoms with Crippen LogP contribution in [0, 0.1) is 0 Å². The van der Waals surface area contributed by atoms with Crippen LogP contribution in [0.25, 0.3) is 0 Å². The van der Waals surface area contributed by atoms with Gasteiger partial charge in [0.05, 0.1) is 20.3 Å². The second-order valence-corrected chi connectivity index (χ2v) is 6.21. The highest BCUT2D eigenvalue weighted by atomic mass is 16.5. The Balaban J connectivity index is 4.43. The minimum atomic E-state index is -0.521. The SMILES string of the molecule is CCCCCOC(C)[N+](C)(C(C)O)C(C)OCCCCC. The lowest BCUT2D eigenvalue weighted by Crippen LogP contribution is -2.63. The summed E-state index contributed by atoms with van der Waals surface area (Å²) < 4.78 is 12.3. The fraction of sp³-hybridized carbons (Fsp3) is 1.00. The molecule has 21 heavy (non-hydrogen) atoms. The summed E-state index contributed by atoms with van der Waals surface area (Å²) in [5.41, 5.74) is 0. The molecule has 0 aromatic heterocycles. The van der Waals surface area contributed by atoms with Crippen LogP contribution < -0.4 is 0 Å². The van der Waals surface area contributed by atoms with Crippen LogP contribution in [0.5, 0.6) is 0 Å². The van der Waals surface area contributed by atoms with Gasteiger partial charge in [-0.2, -0.15) is 0 Å². The quantitative estimate of drug-likeness (QED) is 0.319. The van der Waals surface area contributed by atoms with Crippen molar-refractivity contribution in [3.8, 4) is 0 Å². The van der Waals surface area contributed by atoms with Crippen LogP contribution in [0.1, 0.15) is 73.1 Å². The Labute approximate surface area is 132 Å². The summed E-state index contributed by atoms with van der Waals surface area (Å²) in [4.78, 5) is 0. The van der Waals surface area contributed by atoms with Gasteiger partial charge in [-0.3, -0.25) is 4.48 Å². The Bertz CT molecular complexity index is 228. The molecule has 3 atom stereocenters. The van der Waals surface area contributed by atoms with E-state index in [0.717, 1.165) is 26.1 Å². The van der Waals surface area contributed by atoms with Crippen LogP contribution in [-0.4, -0.2) is 48.5 Å². The maximum atomic E-state index is 10.2. The van der Waals surface area contributed by atoms with Crippen LogP contribution >= 0.6 is 0 Å². The molecular formula is C17H38NO3+. The standard InChI is InChI=1S/C17H38NO3/c1-7-9-11-13-20-16(4)18(6,15(3)19)17(5)21-14-12-10-8-2/h15-17,19H,7-14H2,1-6H3/q+1. The van der Waals surface area contributed by atoms with E-state index in [1.807, 2.05) is 27.8 Å². The van der Waals surface area contributed by atoms with Crippen molar-refractivity contribution in [3.63, 3.8) is 0 Å². The first-order valence-corrected chi connectivity index (χ1v) is 8.68. The topological polar surface area (TPSA) is 38.7 Å². The molecule has 0 aromatic rings. The van der Waals surface area contributed by atoms with Crippen LogP contribution in [0.15, 0.2) is 0 Å². The first-order chi connectivity index (χ1) is 9.91. The van der Waals surface area contributed by atoms with Gasteiger partial charge >= 0.3 is 0 Å². The van der Waals surface area contributed by atoms with E-state index in [1.165, 1.54) is 25.7 Å². The summed E-state index contributed by atoms with van der Waals surface area (Å²) in [7, 11) is 2.01. The molecule has 0 amide bonds. The number of hydrogen-bond donors (Lipinski definition) is 1. The molecule has 0 saturated heterocycles. The van der Waals surface area contributed by atoms with E-state index in [2.05, 4.69) is 13.8 Å². The van der Waals surface area contributed by atoms with Crippen molar-refractivity contribution >= 4 is 0 Å². The highest BCUT2D eigenvalue weighted by Gasteiger charge is 2.40. The third kappa shape index (κ3) is 7.09. The van der Waals surface area contributed by atoms with Gasteiger partial charge in [-0.05, 0) is 12.8 Å². The number of aliphatic hydroxyl groups is 1. The third-order valence-electron chi connectivity index (χ3n) is 4.59. The number of unbranched alkanes of at least 4 members (excludes halogenated alkanes) is 4. The molecule has 0 saturated carbocycles. The monoisotopic (exact) mass is 304 g/mol. The molecule has 0 aromatic carbocycles. The van der Waals surface area contributed by atoms with Crippen molar-refractivity contribution in [3.05, 3.63) is 0 Å². The lowest BCUT2D eigenvalue weighted by atomic mass is 10.2. The number of ether oxygens (including phenoxy) is 2. The number of rotatable bonds is 13.